The number of nitrogens with zero attached hydrogens (tertiary/aromatic N) is 4. The Kier molecular flexibility index (Phi) is 3.28. The lowest BCUT2D eigenvalue weighted by Crippen LogP contribution is -2.33. The topological polar surface area (TPSA) is 114 Å². The molecule has 0 amide bonds. The fraction of sp³-hybridized carbons (Fsp3) is 0.462. The van der Waals surface area contributed by atoms with Crippen molar-refractivity contribution < 1.29 is 9.90 Å². The molecule has 0 aromatic carbocycles. The van der Waals surface area contributed by atoms with Crippen molar-refractivity contribution in [2.75, 3.05) is 0 Å². The molecule has 8 heteroatoms. The van der Waals surface area contributed by atoms with E-state index < -0.39 is 11.4 Å². The third kappa shape index (κ3) is 2.44. The summed E-state index contributed by atoms with van der Waals surface area (Å²) in [5, 5.41) is 21.0. The molecule has 1 aliphatic carbocycles. The standard InChI is InChI=1S/C13H15N5O3/c19-10-4-3-9(7-14-10)11-15-16-17-18(11)8-13(12(20)21)5-1-2-6-13/h3-4,7H,1-2,5-6,8H2,(H,14,19)(H,20,21). The van der Waals surface area contributed by atoms with E-state index in [0.717, 1.165) is 12.8 Å². The summed E-state index contributed by atoms with van der Waals surface area (Å²) in [6.07, 6.45) is 4.60. The van der Waals surface area contributed by atoms with E-state index in [0.29, 0.717) is 24.2 Å². The van der Waals surface area contributed by atoms with Crippen LogP contribution in [-0.4, -0.2) is 36.3 Å². The van der Waals surface area contributed by atoms with Gasteiger partial charge in [-0.25, -0.2) is 4.68 Å². The Morgan fingerprint density at radius 2 is 2.14 bits per heavy atom. The molecule has 0 atom stereocenters. The summed E-state index contributed by atoms with van der Waals surface area (Å²) in [4.78, 5) is 25.3. The van der Waals surface area contributed by atoms with Gasteiger partial charge in [0, 0.05) is 17.8 Å². The first kappa shape index (κ1) is 13.5. The molecule has 2 N–H and O–H groups in total. The number of rotatable bonds is 4. The van der Waals surface area contributed by atoms with Crippen LogP contribution in [0.15, 0.2) is 23.1 Å². The molecule has 2 heterocycles. The van der Waals surface area contributed by atoms with Gasteiger partial charge in [-0.3, -0.25) is 9.59 Å². The zero-order valence-electron chi connectivity index (χ0n) is 11.3. The van der Waals surface area contributed by atoms with Crippen molar-refractivity contribution in [3.63, 3.8) is 0 Å². The van der Waals surface area contributed by atoms with Gasteiger partial charge in [-0.15, -0.1) is 5.10 Å². The van der Waals surface area contributed by atoms with Crippen LogP contribution in [0.4, 0.5) is 0 Å². The molecule has 1 saturated carbocycles. The Labute approximate surface area is 119 Å². The first-order valence-corrected chi connectivity index (χ1v) is 6.79. The summed E-state index contributed by atoms with van der Waals surface area (Å²) in [5.41, 5.74) is -0.361. The second-order valence-corrected chi connectivity index (χ2v) is 5.39. The number of aromatic amines is 1. The van der Waals surface area contributed by atoms with Crippen LogP contribution >= 0.6 is 0 Å². The van der Waals surface area contributed by atoms with E-state index in [2.05, 4.69) is 20.5 Å². The Balaban J connectivity index is 1.94. The van der Waals surface area contributed by atoms with Gasteiger partial charge in [0.15, 0.2) is 5.82 Å². The third-order valence-electron chi connectivity index (χ3n) is 4.04. The number of hydrogen-bond donors (Lipinski definition) is 2. The van der Waals surface area contributed by atoms with Gasteiger partial charge in [-0.1, -0.05) is 12.8 Å². The first-order chi connectivity index (χ1) is 10.1. The summed E-state index contributed by atoms with van der Waals surface area (Å²) < 4.78 is 1.51. The van der Waals surface area contributed by atoms with Gasteiger partial charge >= 0.3 is 5.97 Å². The van der Waals surface area contributed by atoms with Crippen LogP contribution < -0.4 is 5.56 Å². The molecule has 0 bridgehead atoms. The lowest BCUT2D eigenvalue weighted by atomic mass is 9.86. The molecule has 8 nitrogen and oxygen atoms in total. The highest BCUT2D eigenvalue weighted by Crippen LogP contribution is 2.40. The monoisotopic (exact) mass is 289 g/mol. The quantitative estimate of drug-likeness (QED) is 0.855. The summed E-state index contributed by atoms with van der Waals surface area (Å²) >= 11 is 0. The predicted octanol–water partition coefficient (Wildman–Crippen LogP) is 0.673. The first-order valence-electron chi connectivity index (χ1n) is 6.79. The maximum absolute atomic E-state index is 11.6. The molecular weight excluding hydrogens is 274 g/mol. The number of nitrogens with one attached hydrogen (secondary N) is 1. The van der Waals surface area contributed by atoms with E-state index >= 15 is 0 Å². The normalized spacial score (nSPS) is 17.0. The number of tetrazole rings is 1. The smallest absolute Gasteiger partial charge is 0.311 e. The van der Waals surface area contributed by atoms with E-state index in [1.807, 2.05) is 0 Å². The molecule has 2 aromatic heterocycles. The molecule has 0 spiro atoms. The fourth-order valence-electron chi connectivity index (χ4n) is 2.85. The number of carboxylic acid groups (broad SMARTS) is 1. The Morgan fingerprint density at radius 1 is 1.38 bits per heavy atom. The number of pyridine rings is 1. The van der Waals surface area contributed by atoms with Crippen molar-refractivity contribution in [1.82, 2.24) is 25.2 Å². The molecule has 3 rings (SSSR count). The van der Waals surface area contributed by atoms with Gasteiger partial charge in [-0.05, 0) is 29.3 Å². The van der Waals surface area contributed by atoms with Crippen LogP contribution in [0.2, 0.25) is 0 Å². The molecule has 0 unspecified atom stereocenters. The van der Waals surface area contributed by atoms with Crippen LogP contribution in [-0.2, 0) is 11.3 Å². The molecule has 1 fully saturated rings. The van der Waals surface area contributed by atoms with Gasteiger partial charge in [0.05, 0.1) is 12.0 Å². The minimum Gasteiger partial charge on any atom is -0.481 e. The van der Waals surface area contributed by atoms with Crippen molar-refractivity contribution in [2.24, 2.45) is 5.41 Å². The van der Waals surface area contributed by atoms with Gasteiger partial charge < -0.3 is 10.1 Å². The maximum atomic E-state index is 11.6. The number of hydrogen-bond acceptors (Lipinski definition) is 5. The number of aliphatic carboxylic acids is 1. The number of H-pyrrole nitrogens is 1. The fourth-order valence-corrected chi connectivity index (χ4v) is 2.85. The minimum atomic E-state index is -0.803. The lowest BCUT2D eigenvalue weighted by molar-refractivity contribution is -0.149. The zero-order chi connectivity index (χ0) is 14.9. The van der Waals surface area contributed by atoms with Gasteiger partial charge in [0.1, 0.15) is 0 Å². The van der Waals surface area contributed by atoms with Crippen molar-refractivity contribution in [3.05, 3.63) is 28.7 Å². The summed E-state index contributed by atoms with van der Waals surface area (Å²) in [5.74, 6) is -0.346. The van der Waals surface area contributed by atoms with Gasteiger partial charge in [0.2, 0.25) is 5.56 Å². The van der Waals surface area contributed by atoms with Crippen molar-refractivity contribution >= 4 is 5.97 Å². The number of carboxylic acids is 1. The van der Waals surface area contributed by atoms with E-state index in [1.165, 1.54) is 16.9 Å². The molecule has 0 aliphatic heterocycles. The van der Waals surface area contributed by atoms with E-state index in [9.17, 15) is 14.7 Å². The van der Waals surface area contributed by atoms with Gasteiger partial charge in [0.25, 0.3) is 0 Å². The second kappa shape index (κ2) is 5.12. The molecule has 2 aromatic rings. The molecule has 21 heavy (non-hydrogen) atoms. The van der Waals surface area contributed by atoms with Crippen LogP contribution in [0.1, 0.15) is 25.7 Å². The largest absolute Gasteiger partial charge is 0.481 e. The lowest BCUT2D eigenvalue weighted by Gasteiger charge is -2.23. The molecule has 1 aliphatic rings. The van der Waals surface area contributed by atoms with Gasteiger partial charge in [-0.2, -0.15) is 0 Å². The Hall–Kier alpha value is -2.51. The van der Waals surface area contributed by atoms with Crippen LogP contribution in [0.5, 0.6) is 0 Å². The molecular formula is C13H15N5O3. The Bertz CT molecular complexity index is 694. The van der Waals surface area contributed by atoms with E-state index in [-0.39, 0.29) is 12.1 Å². The predicted molar refractivity (Wildman–Crippen MR) is 72.4 cm³/mol. The van der Waals surface area contributed by atoms with Crippen molar-refractivity contribution in [1.29, 1.82) is 0 Å². The highest BCUT2D eigenvalue weighted by molar-refractivity contribution is 5.75. The number of aromatic nitrogens is 5. The highest BCUT2D eigenvalue weighted by Gasteiger charge is 2.42. The Morgan fingerprint density at radius 3 is 2.76 bits per heavy atom. The summed E-state index contributed by atoms with van der Waals surface area (Å²) in [7, 11) is 0. The zero-order valence-corrected chi connectivity index (χ0v) is 11.3. The van der Waals surface area contributed by atoms with Crippen molar-refractivity contribution in [2.45, 2.75) is 32.2 Å². The maximum Gasteiger partial charge on any atom is 0.311 e. The van der Waals surface area contributed by atoms with Crippen molar-refractivity contribution in [3.8, 4) is 11.4 Å². The summed E-state index contributed by atoms with van der Waals surface area (Å²) in [6.45, 7) is 0.240. The third-order valence-corrected chi connectivity index (χ3v) is 4.04. The van der Waals surface area contributed by atoms with E-state index in [4.69, 9.17) is 0 Å². The van der Waals surface area contributed by atoms with E-state index in [1.54, 1.807) is 6.07 Å². The SMILES string of the molecule is O=C(O)C1(Cn2nnnc2-c2ccc(=O)[nH]c2)CCCC1. The molecule has 0 saturated heterocycles. The second-order valence-electron chi connectivity index (χ2n) is 5.39. The molecule has 110 valence electrons. The van der Waals surface area contributed by atoms with Crippen LogP contribution in [0, 0.1) is 5.41 Å². The summed E-state index contributed by atoms with van der Waals surface area (Å²) in [6, 6.07) is 3.00. The van der Waals surface area contributed by atoms with Crippen LogP contribution in [0.3, 0.4) is 0 Å². The average molecular weight is 289 g/mol. The average Bonchev–Trinajstić information content (AvgIpc) is 3.10. The minimum absolute atomic E-state index is 0.212. The molecule has 0 radical (unpaired) electrons. The number of carbonyl (C=O) groups is 1. The highest BCUT2D eigenvalue weighted by atomic mass is 16.4. The van der Waals surface area contributed by atoms with Crippen LogP contribution in [0.25, 0.3) is 11.4 Å².